The van der Waals surface area contributed by atoms with Gasteiger partial charge in [-0.05, 0) is 49.2 Å². The molecule has 1 fully saturated rings. The molecule has 6 nitrogen and oxygen atoms in total. The fourth-order valence-corrected chi connectivity index (χ4v) is 3.16. The fourth-order valence-electron chi connectivity index (χ4n) is 3.16. The molecule has 1 aliphatic rings. The van der Waals surface area contributed by atoms with Gasteiger partial charge in [0.1, 0.15) is 0 Å². The van der Waals surface area contributed by atoms with Crippen LogP contribution in [-0.2, 0) is 11.2 Å². The molecule has 3 aromatic heterocycles. The summed E-state index contributed by atoms with van der Waals surface area (Å²) in [5, 5.41) is 8.33. The first-order valence-electron chi connectivity index (χ1n) is 8.48. The summed E-state index contributed by atoms with van der Waals surface area (Å²) in [4.78, 5) is 21.4. The highest BCUT2D eigenvalue weighted by molar-refractivity contribution is 5.96. The minimum atomic E-state index is -0.875. The summed E-state index contributed by atoms with van der Waals surface area (Å²) in [5.74, 6) is -1.83. The maximum absolute atomic E-state index is 13.8. The highest BCUT2D eigenvalue weighted by Crippen LogP contribution is 2.27. The summed E-state index contributed by atoms with van der Waals surface area (Å²) in [7, 11) is 0. The number of nitrogens with zero attached hydrogens (tertiary/aromatic N) is 5. The predicted molar refractivity (Wildman–Crippen MR) is 93.6 cm³/mol. The maximum atomic E-state index is 13.8. The Morgan fingerprint density at radius 3 is 2.56 bits per heavy atom. The highest BCUT2D eigenvalue weighted by Gasteiger charge is 2.34. The SMILES string of the molecule is O=C1[C@@H](Cc2ccc(F)nc2F)CCN1c1ccc(-c2ccncc2)nn1. The number of halogens is 2. The molecule has 136 valence electrons. The molecule has 0 saturated carbocycles. The van der Waals surface area contributed by atoms with Gasteiger partial charge in [-0.3, -0.25) is 14.7 Å². The van der Waals surface area contributed by atoms with E-state index in [0.717, 1.165) is 11.6 Å². The number of hydrogen-bond acceptors (Lipinski definition) is 5. The first-order valence-corrected chi connectivity index (χ1v) is 8.48. The molecule has 0 spiro atoms. The van der Waals surface area contributed by atoms with Gasteiger partial charge in [0.05, 0.1) is 5.69 Å². The largest absolute Gasteiger partial charge is 0.295 e. The van der Waals surface area contributed by atoms with Crippen LogP contribution in [0.25, 0.3) is 11.3 Å². The van der Waals surface area contributed by atoms with Gasteiger partial charge in [0.25, 0.3) is 0 Å². The third-order valence-electron chi connectivity index (χ3n) is 4.58. The summed E-state index contributed by atoms with van der Waals surface area (Å²) in [6.45, 7) is 0.475. The standard InChI is InChI=1S/C19H15F2N5O/c20-16-3-1-13(18(21)23-16)11-14-7-10-26(19(14)27)17-4-2-15(24-25-17)12-5-8-22-9-6-12/h1-6,8-9,14H,7,10-11H2/t14-/m1/s1. The summed E-state index contributed by atoms with van der Waals surface area (Å²) in [5.41, 5.74) is 1.80. The average molecular weight is 367 g/mol. The minimum Gasteiger partial charge on any atom is -0.295 e. The van der Waals surface area contributed by atoms with Crippen LogP contribution < -0.4 is 4.90 Å². The lowest BCUT2D eigenvalue weighted by molar-refractivity contribution is -0.120. The Labute approximate surface area is 153 Å². The monoisotopic (exact) mass is 367 g/mol. The van der Waals surface area contributed by atoms with Gasteiger partial charge in [-0.15, -0.1) is 10.2 Å². The van der Waals surface area contributed by atoms with E-state index in [-0.39, 0.29) is 17.9 Å². The number of hydrogen-bond donors (Lipinski definition) is 0. The molecule has 4 rings (SSSR count). The normalized spacial score (nSPS) is 16.7. The third kappa shape index (κ3) is 3.51. The van der Waals surface area contributed by atoms with Crippen molar-refractivity contribution in [3.63, 3.8) is 0 Å². The molecule has 1 atom stereocenters. The van der Waals surface area contributed by atoms with Gasteiger partial charge >= 0.3 is 0 Å². The summed E-state index contributed by atoms with van der Waals surface area (Å²) in [6, 6.07) is 9.61. The van der Waals surface area contributed by atoms with Crippen LogP contribution in [0.1, 0.15) is 12.0 Å². The first kappa shape index (κ1) is 17.1. The lowest BCUT2D eigenvalue weighted by Crippen LogP contribution is -2.28. The lowest BCUT2D eigenvalue weighted by atomic mass is 9.99. The van der Waals surface area contributed by atoms with E-state index in [1.165, 1.54) is 6.07 Å². The van der Waals surface area contributed by atoms with Crippen LogP contribution in [0.2, 0.25) is 0 Å². The molecule has 0 aromatic carbocycles. The van der Waals surface area contributed by atoms with Gasteiger partial charge in [-0.1, -0.05) is 0 Å². The second kappa shape index (κ2) is 7.14. The van der Waals surface area contributed by atoms with Crippen molar-refractivity contribution in [1.29, 1.82) is 0 Å². The van der Waals surface area contributed by atoms with Crippen LogP contribution in [0.4, 0.5) is 14.6 Å². The number of carbonyl (C=O) groups excluding carboxylic acids is 1. The second-order valence-corrected chi connectivity index (χ2v) is 6.28. The van der Waals surface area contributed by atoms with Crippen LogP contribution in [-0.4, -0.2) is 32.6 Å². The van der Waals surface area contributed by atoms with Gasteiger partial charge in [0, 0.05) is 36.0 Å². The summed E-state index contributed by atoms with van der Waals surface area (Å²) >= 11 is 0. The summed E-state index contributed by atoms with van der Waals surface area (Å²) in [6.07, 6.45) is 4.08. The van der Waals surface area contributed by atoms with Gasteiger partial charge in [-0.2, -0.15) is 13.8 Å². The number of rotatable bonds is 4. The van der Waals surface area contributed by atoms with E-state index in [1.807, 2.05) is 12.1 Å². The molecule has 8 heteroatoms. The topological polar surface area (TPSA) is 71.9 Å². The van der Waals surface area contributed by atoms with Crippen molar-refractivity contribution in [3.05, 3.63) is 66.3 Å². The molecule has 1 aliphatic heterocycles. The molecule has 3 aromatic rings. The van der Waals surface area contributed by atoms with Gasteiger partial charge < -0.3 is 0 Å². The van der Waals surface area contributed by atoms with Crippen molar-refractivity contribution in [3.8, 4) is 11.3 Å². The van der Waals surface area contributed by atoms with Gasteiger partial charge in [0.15, 0.2) is 5.82 Å². The van der Waals surface area contributed by atoms with E-state index in [2.05, 4.69) is 20.2 Å². The van der Waals surface area contributed by atoms with Crippen LogP contribution >= 0.6 is 0 Å². The van der Waals surface area contributed by atoms with Crippen molar-refractivity contribution < 1.29 is 13.6 Å². The molecular weight excluding hydrogens is 352 g/mol. The molecule has 0 radical (unpaired) electrons. The number of aromatic nitrogens is 4. The van der Waals surface area contributed by atoms with Crippen molar-refractivity contribution in [1.82, 2.24) is 20.2 Å². The predicted octanol–water partition coefficient (Wildman–Crippen LogP) is 2.81. The molecule has 0 bridgehead atoms. The van der Waals surface area contributed by atoms with Crippen molar-refractivity contribution >= 4 is 11.7 Å². The molecule has 4 heterocycles. The maximum Gasteiger partial charge on any atom is 0.231 e. The zero-order chi connectivity index (χ0) is 18.8. The Morgan fingerprint density at radius 2 is 1.85 bits per heavy atom. The Bertz CT molecular complexity index is 966. The number of carbonyl (C=O) groups is 1. The number of pyridine rings is 2. The quantitative estimate of drug-likeness (QED) is 0.663. The lowest BCUT2D eigenvalue weighted by Gasteiger charge is -2.15. The van der Waals surface area contributed by atoms with E-state index in [9.17, 15) is 13.6 Å². The van der Waals surface area contributed by atoms with Crippen molar-refractivity contribution in [2.24, 2.45) is 5.92 Å². The molecule has 27 heavy (non-hydrogen) atoms. The first-order chi connectivity index (χ1) is 13.1. The van der Waals surface area contributed by atoms with Crippen LogP contribution in [0.15, 0.2) is 48.8 Å². The van der Waals surface area contributed by atoms with E-state index < -0.39 is 17.8 Å². The molecule has 0 unspecified atom stereocenters. The molecule has 0 aliphatic carbocycles. The Kier molecular flexibility index (Phi) is 4.53. The molecule has 1 saturated heterocycles. The number of amides is 1. The zero-order valence-corrected chi connectivity index (χ0v) is 14.2. The second-order valence-electron chi connectivity index (χ2n) is 6.28. The average Bonchev–Trinajstić information content (AvgIpc) is 3.05. The Hall–Kier alpha value is -3.29. The summed E-state index contributed by atoms with van der Waals surface area (Å²) < 4.78 is 26.7. The van der Waals surface area contributed by atoms with Crippen LogP contribution in [0, 0.1) is 17.8 Å². The Morgan fingerprint density at radius 1 is 1.04 bits per heavy atom. The van der Waals surface area contributed by atoms with E-state index in [0.29, 0.717) is 24.5 Å². The van der Waals surface area contributed by atoms with E-state index >= 15 is 0 Å². The third-order valence-corrected chi connectivity index (χ3v) is 4.58. The van der Waals surface area contributed by atoms with Crippen molar-refractivity contribution in [2.45, 2.75) is 12.8 Å². The highest BCUT2D eigenvalue weighted by atomic mass is 19.1. The van der Waals surface area contributed by atoms with Crippen LogP contribution in [0.3, 0.4) is 0 Å². The molecule has 1 amide bonds. The Balaban J connectivity index is 1.48. The van der Waals surface area contributed by atoms with E-state index in [1.54, 1.807) is 29.4 Å². The van der Waals surface area contributed by atoms with Gasteiger partial charge in [0.2, 0.25) is 17.8 Å². The van der Waals surface area contributed by atoms with Crippen molar-refractivity contribution in [2.75, 3.05) is 11.4 Å². The fraction of sp³-hybridized carbons (Fsp3) is 0.211. The van der Waals surface area contributed by atoms with Gasteiger partial charge in [-0.25, -0.2) is 0 Å². The zero-order valence-electron chi connectivity index (χ0n) is 14.2. The molecule has 0 N–H and O–H groups in total. The smallest absolute Gasteiger partial charge is 0.231 e. The molecular formula is C19H15F2N5O. The minimum absolute atomic E-state index is 0.148. The number of anilines is 1. The van der Waals surface area contributed by atoms with Crippen LogP contribution in [0.5, 0.6) is 0 Å². The van der Waals surface area contributed by atoms with E-state index in [4.69, 9.17) is 0 Å².